The van der Waals surface area contributed by atoms with Crippen molar-refractivity contribution >= 4 is 23.2 Å². The summed E-state index contributed by atoms with van der Waals surface area (Å²) in [6.45, 7) is 0.965. The second kappa shape index (κ2) is 8.03. The third-order valence-electron chi connectivity index (χ3n) is 4.91. The highest BCUT2D eigenvalue weighted by molar-refractivity contribution is 8.03. The van der Waals surface area contributed by atoms with Crippen molar-refractivity contribution in [3.05, 3.63) is 112 Å². The zero-order valence-corrected chi connectivity index (χ0v) is 16.4. The number of hydrogen-bond acceptors (Lipinski definition) is 2. The zero-order valence-electron chi connectivity index (χ0n) is 15.6. The molecule has 4 heteroatoms. The van der Waals surface area contributed by atoms with Gasteiger partial charge in [0.1, 0.15) is 5.82 Å². The molecular weight excluding hydrogens is 369 g/mol. The number of rotatable bonds is 4. The van der Waals surface area contributed by atoms with E-state index in [0.717, 1.165) is 32.7 Å². The van der Waals surface area contributed by atoms with Crippen molar-refractivity contribution in [1.82, 2.24) is 4.90 Å². The standard InChI is InChI=1S/C24H20FNOS/c1-28-23-22(18-7-3-2-4-8-18)21-10-6-5-9-19(21)16-26(24(23)27)15-17-11-13-20(25)14-12-17/h2-14H,15-16H2,1H3. The third kappa shape index (κ3) is 3.60. The van der Waals surface area contributed by atoms with Gasteiger partial charge in [0.25, 0.3) is 5.91 Å². The summed E-state index contributed by atoms with van der Waals surface area (Å²) in [4.78, 5) is 16.0. The Morgan fingerprint density at radius 1 is 0.929 bits per heavy atom. The van der Waals surface area contributed by atoms with E-state index in [2.05, 4.69) is 12.1 Å². The second-order valence-corrected chi connectivity index (χ2v) is 7.54. The minimum absolute atomic E-state index is 0.00637. The summed E-state index contributed by atoms with van der Waals surface area (Å²) < 4.78 is 13.3. The monoisotopic (exact) mass is 389 g/mol. The molecule has 0 saturated carbocycles. The first-order valence-corrected chi connectivity index (χ1v) is 10.4. The molecule has 0 atom stereocenters. The largest absolute Gasteiger partial charge is 0.330 e. The van der Waals surface area contributed by atoms with Crippen molar-refractivity contribution in [2.45, 2.75) is 13.1 Å². The van der Waals surface area contributed by atoms with Crippen LogP contribution in [0.25, 0.3) is 5.57 Å². The van der Waals surface area contributed by atoms with Gasteiger partial charge in [0, 0.05) is 18.7 Å². The molecule has 3 aromatic carbocycles. The van der Waals surface area contributed by atoms with E-state index in [1.807, 2.05) is 53.6 Å². The maximum absolute atomic E-state index is 13.5. The average molecular weight is 389 g/mol. The van der Waals surface area contributed by atoms with Gasteiger partial charge in [0.2, 0.25) is 0 Å². The molecule has 0 aromatic heterocycles. The van der Waals surface area contributed by atoms with E-state index >= 15 is 0 Å². The van der Waals surface area contributed by atoms with Gasteiger partial charge in [-0.1, -0.05) is 66.7 Å². The van der Waals surface area contributed by atoms with Crippen LogP contribution in [-0.2, 0) is 17.9 Å². The zero-order chi connectivity index (χ0) is 19.5. The fraction of sp³-hybridized carbons (Fsp3) is 0.125. The quantitative estimate of drug-likeness (QED) is 0.588. The summed E-state index contributed by atoms with van der Waals surface area (Å²) >= 11 is 1.48. The van der Waals surface area contributed by atoms with E-state index < -0.39 is 0 Å². The fourth-order valence-electron chi connectivity index (χ4n) is 3.57. The van der Waals surface area contributed by atoms with E-state index in [1.165, 1.54) is 23.9 Å². The smallest absolute Gasteiger partial charge is 0.261 e. The molecule has 0 spiro atoms. The van der Waals surface area contributed by atoms with Gasteiger partial charge in [-0.2, -0.15) is 0 Å². The first-order valence-electron chi connectivity index (χ1n) is 9.13. The maximum atomic E-state index is 13.5. The first-order chi connectivity index (χ1) is 13.7. The lowest BCUT2D eigenvalue weighted by molar-refractivity contribution is -0.127. The Balaban J connectivity index is 1.83. The third-order valence-corrected chi connectivity index (χ3v) is 5.70. The normalized spacial score (nSPS) is 14.1. The van der Waals surface area contributed by atoms with Crippen LogP contribution in [0, 0.1) is 5.82 Å². The van der Waals surface area contributed by atoms with Crippen LogP contribution < -0.4 is 0 Å². The summed E-state index contributed by atoms with van der Waals surface area (Å²) in [6.07, 6.45) is 1.94. The molecule has 4 rings (SSSR count). The molecule has 0 saturated heterocycles. The molecule has 0 N–H and O–H groups in total. The number of halogens is 1. The van der Waals surface area contributed by atoms with Crippen LogP contribution in [0.5, 0.6) is 0 Å². The van der Waals surface area contributed by atoms with Gasteiger partial charge in [0.05, 0.1) is 4.91 Å². The fourth-order valence-corrected chi connectivity index (χ4v) is 4.31. The molecule has 1 amide bonds. The number of amides is 1. The van der Waals surface area contributed by atoms with E-state index in [0.29, 0.717) is 13.1 Å². The van der Waals surface area contributed by atoms with Gasteiger partial charge >= 0.3 is 0 Å². The summed E-state index contributed by atoms with van der Waals surface area (Å²) in [5.74, 6) is -0.265. The van der Waals surface area contributed by atoms with Crippen molar-refractivity contribution in [2.24, 2.45) is 0 Å². The molecule has 1 heterocycles. The van der Waals surface area contributed by atoms with Gasteiger partial charge in [0.15, 0.2) is 0 Å². The summed E-state index contributed by atoms with van der Waals surface area (Å²) in [6, 6.07) is 24.6. The van der Waals surface area contributed by atoms with Crippen LogP contribution in [0.15, 0.2) is 83.8 Å². The molecule has 28 heavy (non-hydrogen) atoms. The number of hydrogen-bond donors (Lipinski definition) is 0. The van der Waals surface area contributed by atoms with Crippen molar-refractivity contribution < 1.29 is 9.18 Å². The van der Waals surface area contributed by atoms with Crippen LogP contribution >= 0.6 is 11.8 Å². The van der Waals surface area contributed by atoms with Crippen LogP contribution in [0.3, 0.4) is 0 Å². The molecule has 1 aliphatic heterocycles. The summed E-state index contributed by atoms with van der Waals surface area (Å²) in [5, 5.41) is 0. The van der Waals surface area contributed by atoms with Crippen molar-refractivity contribution in [3.63, 3.8) is 0 Å². The number of nitrogens with zero attached hydrogens (tertiary/aromatic N) is 1. The molecule has 0 bridgehead atoms. The van der Waals surface area contributed by atoms with Crippen molar-refractivity contribution in [2.75, 3.05) is 6.26 Å². The molecule has 0 radical (unpaired) electrons. The van der Waals surface area contributed by atoms with Gasteiger partial charge in [-0.3, -0.25) is 4.79 Å². The van der Waals surface area contributed by atoms with Crippen LogP contribution in [0.1, 0.15) is 22.3 Å². The number of carbonyl (C=O) groups is 1. The number of benzene rings is 3. The Kier molecular flexibility index (Phi) is 5.31. The molecule has 0 fully saturated rings. The molecule has 140 valence electrons. The molecule has 0 aliphatic carbocycles. The van der Waals surface area contributed by atoms with Crippen LogP contribution in [-0.4, -0.2) is 17.1 Å². The highest BCUT2D eigenvalue weighted by atomic mass is 32.2. The number of thioether (sulfide) groups is 1. The summed E-state index contributed by atoms with van der Waals surface area (Å²) in [5.41, 5.74) is 5.14. The predicted molar refractivity (Wildman–Crippen MR) is 113 cm³/mol. The summed E-state index contributed by atoms with van der Waals surface area (Å²) in [7, 11) is 0. The predicted octanol–water partition coefficient (Wildman–Crippen LogP) is 5.49. The lowest BCUT2D eigenvalue weighted by Gasteiger charge is -2.22. The highest BCUT2D eigenvalue weighted by Gasteiger charge is 2.28. The average Bonchev–Trinajstić information content (AvgIpc) is 2.85. The minimum Gasteiger partial charge on any atom is -0.330 e. The highest BCUT2D eigenvalue weighted by Crippen LogP contribution is 2.38. The number of fused-ring (bicyclic) bond motifs is 1. The molecule has 0 unspecified atom stereocenters. The van der Waals surface area contributed by atoms with E-state index in [4.69, 9.17) is 0 Å². The Hall–Kier alpha value is -2.85. The number of carbonyl (C=O) groups excluding carboxylic acids is 1. The maximum Gasteiger partial charge on any atom is 0.261 e. The Labute approximate surface area is 168 Å². The second-order valence-electron chi connectivity index (χ2n) is 6.72. The Morgan fingerprint density at radius 3 is 2.32 bits per heavy atom. The van der Waals surface area contributed by atoms with Gasteiger partial charge in [-0.15, -0.1) is 11.8 Å². The topological polar surface area (TPSA) is 20.3 Å². The molecule has 2 nitrogen and oxygen atoms in total. The van der Waals surface area contributed by atoms with Gasteiger partial charge in [-0.25, -0.2) is 4.39 Å². The van der Waals surface area contributed by atoms with E-state index in [-0.39, 0.29) is 11.7 Å². The SMILES string of the molecule is CSC1=C(c2ccccc2)c2ccccc2CN(Cc2ccc(F)cc2)C1=O. The minimum atomic E-state index is -0.271. The first kappa shape index (κ1) is 18.5. The molecule has 1 aliphatic rings. The van der Waals surface area contributed by atoms with Gasteiger partial charge < -0.3 is 4.90 Å². The Morgan fingerprint density at radius 2 is 1.61 bits per heavy atom. The lowest BCUT2D eigenvalue weighted by atomic mass is 9.94. The van der Waals surface area contributed by atoms with Crippen LogP contribution in [0.4, 0.5) is 4.39 Å². The van der Waals surface area contributed by atoms with E-state index in [1.54, 1.807) is 12.1 Å². The van der Waals surface area contributed by atoms with E-state index in [9.17, 15) is 9.18 Å². The van der Waals surface area contributed by atoms with Crippen molar-refractivity contribution in [1.29, 1.82) is 0 Å². The lowest BCUT2D eigenvalue weighted by Crippen LogP contribution is -2.29. The van der Waals surface area contributed by atoms with Gasteiger partial charge in [-0.05, 0) is 40.6 Å². The Bertz CT molecular complexity index is 1030. The van der Waals surface area contributed by atoms with Crippen molar-refractivity contribution in [3.8, 4) is 0 Å². The molecule has 3 aromatic rings. The molecular formula is C24H20FNOS. The van der Waals surface area contributed by atoms with Crippen LogP contribution in [0.2, 0.25) is 0 Å².